The SMILES string of the molecule is CCCCCN(CCCCC)C(=O)C(CCC)NC(=O)Nc1ccc(Cl)cc1. The van der Waals surface area contributed by atoms with Crippen LogP contribution in [0.25, 0.3) is 0 Å². The third kappa shape index (κ3) is 9.45. The monoisotopic (exact) mass is 409 g/mol. The van der Waals surface area contributed by atoms with E-state index in [4.69, 9.17) is 11.6 Å². The molecule has 0 spiro atoms. The van der Waals surface area contributed by atoms with Gasteiger partial charge in [0.25, 0.3) is 0 Å². The maximum Gasteiger partial charge on any atom is 0.319 e. The van der Waals surface area contributed by atoms with Gasteiger partial charge in [0, 0.05) is 23.8 Å². The molecule has 0 aliphatic carbocycles. The van der Waals surface area contributed by atoms with Gasteiger partial charge in [-0.15, -0.1) is 0 Å². The number of hydrogen-bond donors (Lipinski definition) is 2. The molecule has 158 valence electrons. The molecule has 1 aromatic rings. The van der Waals surface area contributed by atoms with Crippen molar-refractivity contribution in [3.8, 4) is 0 Å². The van der Waals surface area contributed by atoms with Crippen molar-refractivity contribution < 1.29 is 9.59 Å². The van der Waals surface area contributed by atoms with Gasteiger partial charge in [-0.25, -0.2) is 4.79 Å². The van der Waals surface area contributed by atoms with Gasteiger partial charge in [0.2, 0.25) is 5.91 Å². The molecule has 1 aromatic carbocycles. The predicted molar refractivity (Wildman–Crippen MR) is 118 cm³/mol. The Morgan fingerprint density at radius 3 is 2.00 bits per heavy atom. The zero-order chi connectivity index (χ0) is 20.8. The fraction of sp³-hybridized carbons (Fsp3) is 0.636. The van der Waals surface area contributed by atoms with Crippen molar-refractivity contribution in [1.29, 1.82) is 0 Å². The topological polar surface area (TPSA) is 61.4 Å². The van der Waals surface area contributed by atoms with Gasteiger partial charge in [-0.05, 0) is 43.5 Å². The van der Waals surface area contributed by atoms with Crippen molar-refractivity contribution in [2.45, 2.75) is 78.2 Å². The first-order chi connectivity index (χ1) is 13.5. The van der Waals surface area contributed by atoms with E-state index >= 15 is 0 Å². The van der Waals surface area contributed by atoms with Crippen LogP contribution in [0.15, 0.2) is 24.3 Å². The van der Waals surface area contributed by atoms with Crippen LogP contribution in [-0.2, 0) is 4.79 Å². The Kier molecular flexibility index (Phi) is 12.4. The van der Waals surface area contributed by atoms with Gasteiger partial charge in [-0.2, -0.15) is 0 Å². The van der Waals surface area contributed by atoms with Crippen LogP contribution in [-0.4, -0.2) is 36.0 Å². The number of benzene rings is 1. The molecule has 1 unspecified atom stereocenters. The normalized spacial score (nSPS) is 11.7. The summed E-state index contributed by atoms with van der Waals surface area (Å²) >= 11 is 5.88. The Balaban J connectivity index is 2.72. The van der Waals surface area contributed by atoms with Crippen LogP contribution in [0.2, 0.25) is 5.02 Å². The zero-order valence-electron chi connectivity index (χ0n) is 17.6. The molecule has 6 heteroatoms. The number of urea groups is 1. The van der Waals surface area contributed by atoms with E-state index in [9.17, 15) is 9.59 Å². The number of carbonyl (C=O) groups excluding carboxylic acids is 2. The van der Waals surface area contributed by atoms with E-state index in [0.29, 0.717) is 17.1 Å². The molecule has 0 bridgehead atoms. The zero-order valence-corrected chi connectivity index (χ0v) is 18.4. The van der Waals surface area contributed by atoms with Crippen LogP contribution in [0.5, 0.6) is 0 Å². The lowest BCUT2D eigenvalue weighted by atomic mass is 10.1. The summed E-state index contributed by atoms with van der Waals surface area (Å²) in [4.78, 5) is 27.5. The molecule has 1 atom stereocenters. The van der Waals surface area contributed by atoms with Crippen LogP contribution >= 0.6 is 11.6 Å². The smallest absolute Gasteiger partial charge is 0.319 e. The second kappa shape index (κ2) is 14.3. The molecule has 1 rings (SSSR count). The molecule has 0 aliphatic rings. The summed E-state index contributed by atoms with van der Waals surface area (Å²) in [6.07, 6.45) is 7.93. The van der Waals surface area contributed by atoms with Crippen LogP contribution in [0.4, 0.5) is 10.5 Å². The van der Waals surface area contributed by atoms with E-state index in [0.717, 1.165) is 58.0 Å². The van der Waals surface area contributed by atoms with Crippen molar-refractivity contribution in [2.75, 3.05) is 18.4 Å². The van der Waals surface area contributed by atoms with Crippen molar-refractivity contribution in [2.24, 2.45) is 0 Å². The van der Waals surface area contributed by atoms with Crippen LogP contribution < -0.4 is 10.6 Å². The largest absolute Gasteiger partial charge is 0.341 e. The fourth-order valence-electron chi connectivity index (χ4n) is 3.06. The van der Waals surface area contributed by atoms with Crippen molar-refractivity contribution in [1.82, 2.24) is 10.2 Å². The number of halogens is 1. The highest BCUT2D eigenvalue weighted by atomic mass is 35.5. The Labute approximate surface area is 175 Å². The molecule has 0 saturated heterocycles. The van der Waals surface area contributed by atoms with E-state index in [-0.39, 0.29) is 11.9 Å². The molecule has 5 nitrogen and oxygen atoms in total. The minimum Gasteiger partial charge on any atom is -0.341 e. The van der Waals surface area contributed by atoms with Gasteiger partial charge in [0.1, 0.15) is 6.04 Å². The molecule has 2 N–H and O–H groups in total. The minimum absolute atomic E-state index is 0.0281. The highest BCUT2D eigenvalue weighted by Crippen LogP contribution is 2.14. The number of nitrogens with zero attached hydrogens (tertiary/aromatic N) is 1. The molecule has 28 heavy (non-hydrogen) atoms. The van der Waals surface area contributed by atoms with Gasteiger partial charge >= 0.3 is 6.03 Å². The van der Waals surface area contributed by atoms with Gasteiger partial charge in [-0.1, -0.05) is 64.5 Å². The first kappa shape index (κ1) is 24.3. The summed E-state index contributed by atoms with van der Waals surface area (Å²) in [6, 6.07) is 6.04. The summed E-state index contributed by atoms with van der Waals surface area (Å²) in [5.41, 5.74) is 0.646. The number of hydrogen-bond acceptors (Lipinski definition) is 2. The molecule has 0 radical (unpaired) electrons. The van der Waals surface area contributed by atoms with E-state index in [2.05, 4.69) is 24.5 Å². The van der Waals surface area contributed by atoms with E-state index < -0.39 is 6.04 Å². The molecular weight excluding hydrogens is 374 g/mol. The lowest BCUT2D eigenvalue weighted by Crippen LogP contribution is -2.50. The number of nitrogens with one attached hydrogen (secondary N) is 2. The summed E-state index contributed by atoms with van der Waals surface area (Å²) in [6.45, 7) is 7.86. The third-order valence-electron chi connectivity index (χ3n) is 4.66. The maximum atomic E-state index is 13.1. The number of unbranched alkanes of at least 4 members (excludes halogenated alkanes) is 4. The van der Waals surface area contributed by atoms with Gasteiger partial charge in [0.05, 0.1) is 0 Å². The Bertz CT molecular complexity index is 568. The Hall–Kier alpha value is -1.75. The molecule has 0 aliphatic heterocycles. The van der Waals surface area contributed by atoms with Gasteiger partial charge in [-0.3, -0.25) is 4.79 Å². The molecule has 0 fully saturated rings. The maximum absolute atomic E-state index is 13.1. The molecule has 0 aromatic heterocycles. The predicted octanol–water partition coefficient (Wildman–Crippen LogP) is 5.84. The second-order valence-electron chi connectivity index (χ2n) is 7.19. The number of amides is 3. The fourth-order valence-corrected chi connectivity index (χ4v) is 3.19. The molecule has 0 heterocycles. The minimum atomic E-state index is -0.499. The Morgan fingerprint density at radius 2 is 1.50 bits per heavy atom. The highest BCUT2D eigenvalue weighted by molar-refractivity contribution is 6.30. The first-order valence-corrected chi connectivity index (χ1v) is 11.0. The summed E-state index contributed by atoms with van der Waals surface area (Å²) in [7, 11) is 0. The van der Waals surface area contributed by atoms with Crippen molar-refractivity contribution in [3.63, 3.8) is 0 Å². The lowest BCUT2D eigenvalue weighted by Gasteiger charge is -2.28. The summed E-state index contributed by atoms with van der Waals surface area (Å²) in [5.74, 6) is 0.0281. The van der Waals surface area contributed by atoms with E-state index in [1.165, 1.54) is 0 Å². The molecular formula is C22H36ClN3O2. The lowest BCUT2D eigenvalue weighted by molar-refractivity contribution is -0.133. The third-order valence-corrected chi connectivity index (χ3v) is 4.91. The van der Waals surface area contributed by atoms with Gasteiger partial charge < -0.3 is 15.5 Å². The van der Waals surface area contributed by atoms with Crippen LogP contribution in [0.1, 0.15) is 72.1 Å². The number of rotatable bonds is 13. The van der Waals surface area contributed by atoms with Crippen molar-refractivity contribution >= 4 is 29.2 Å². The highest BCUT2D eigenvalue weighted by Gasteiger charge is 2.25. The standard InChI is InChI=1S/C22H36ClN3O2/c1-4-7-9-16-26(17-10-8-5-2)21(27)20(11-6-3)25-22(28)24-19-14-12-18(23)13-15-19/h12-15,20H,4-11,16-17H2,1-3H3,(H2,24,25,28). The van der Waals surface area contributed by atoms with Crippen LogP contribution in [0, 0.1) is 0 Å². The second-order valence-corrected chi connectivity index (χ2v) is 7.62. The van der Waals surface area contributed by atoms with Gasteiger partial charge in [0.15, 0.2) is 0 Å². The van der Waals surface area contributed by atoms with E-state index in [1.807, 2.05) is 11.8 Å². The molecule has 3 amide bonds. The average Bonchev–Trinajstić information content (AvgIpc) is 2.68. The van der Waals surface area contributed by atoms with Crippen molar-refractivity contribution in [3.05, 3.63) is 29.3 Å². The first-order valence-electron chi connectivity index (χ1n) is 10.6. The quantitative estimate of drug-likeness (QED) is 0.402. The number of anilines is 1. The van der Waals surface area contributed by atoms with Crippen LogP contribution in [0.3, 0.4) is 0 Å². The molecule has 0 saturated carbocycles. The summed E-state index contributed by atoms with van der Waals surface area (Å²) in [5, 5.41) is 6.26. The summed E-state index contributed by atoms with van der Waals surface area (Å²) < 4.78 is 0. The average molecular weight is 410 g/mol. The number of carbonyl (C=O) groups is 2. The Morgan fingerprint density at radius 1 is 0.929 bits per heavy atom. The van der Waals surface area contributed by atoms with E-state index in [1.54, 1.807) is 24.3 Å².